The fourth-order valence-corrected chi connectivity index (χ4v) is 3.28. The summed E-state index contributed by atoms with van der Waals surface area (Å²) < 4.78 is 6.51. The van der Waals surface area contributed by atoms with E-state index >= 15 is 0 Å². The van der Waals surface area contributed by atoms with Gasteiger partial charge in [0.05, 0.1) is 24.2 Å². The normalized spacial score (nSPS) is 12.7. The lowest BCUT2D eigenvalue weighted by Crippen LogP contribution is -2.26. The van der Waals surface area contributed by atoms with Crippen LogP contribution in [0.25, 0.3) is 11.0 Å². The van der Waals surface area contributed by atoms with Crippen LogP contribution in [0.2, 0.25) is 0 Å². The number of benzene rings is 2. The molecule has 0 aliphatic rings. The summed E-state index contributed by atoms with van der Waals surface area (Å²) in [5.41, 5.74) is 3.19. The van der Waals surface area contributed by atoms with Crippen molar-refractivity contribution < 1.29 is 4.74 Å². The minimum Gasteiger partial charge on any atom is -0.496 e. The first-order chi connectivity index (χ1) is 11.6. The number of hydrogen-bond donors (Lipinski definition) is 2. The molecule has 2 N–H and O–H groups in total. The van der Waals surface area contributed by atoms with Gasteiger partial charge in [-0.2, -0.15) is 0 Å². The van der Waals surface area contributed by atoms with E-state index in [2.05, 4.69) is 52.2 Å². The molecule has 2 aromatic carbocycles. The van der Waals surface area contributed by atoms with Crippen LogP contribution in [0.1, 0.15) is 31.3 Å². The van der Waals surface area contributed by atoms with Crippen molar-refractivity contribution in [2.24, 2.45) is 5.92 Å². The lowest BCUT2D eigenvalue weighted by Gasteiger charge is -2.21. The number of para-hydroxylation sites is 2. The average Bonchev–Trinajstić information content (AvgIpc) is 2.98. The number of aromatic nitrogens is 2. The third kappa shape index (κ3) is 3.62. The Hall–Kier alpha value is -1.85. The van der Waals surface area contributed by atoms with Crippen molar-refractivity contribution in [1.29, 1.82) is 0 Å². The number of nitrogens with one attached hydrogen (secondary N) is 2. The number of fused-ring (bicyclic) bond motifs is 1. The van der Waals surface area contributed by atoms with Gasteiger partial charge in [0, 0.05) is 16.6 Å². The van der Waals surface area contributed by atoms with E-state index in [0.29, 0.717) is 12.5 Å². The summed E-state index contributed by atoms with van der Waals surface area (Å²) >= 11 is 3.53. The second kappa shape index (κ2) is 7.36. The van der Waals surface area contributed by atoms with Crippen LogP contribution >= 0.6 is 15.9 Å². The molecule has 1 heterocycles. The molecular formula is C19H22BrN3O. The summed E-state index contributed by atoms with van der Waals surface area (Å²) in [6, 6.07) is 14.3. The number of aromatic amines is 1. The van der Waals surface area contributed by atoms with Gasteiger partial charge in [-0.05, 0) is 36.2 Å². The third-order valence-corrected chi connectivity index (χ3v) is 4.62. The van der Waals surface area contributed by atoms with E-state index in [1.165, 1.54) is 0 Å². The van der Waals surface area contributed by atoms with Gasteiger partial charge in [0.1, 0.15) is 11.6 Å². The third-order valence-electron chi connectivity index (χ3n) is 4.12. The maximum Gasteiger partial charge on any atom is 0.124 e. The molecule has 0 saturated carbocycles. The average molecular weight is 388 g/mol. The smallest absolute Gasteiger partial charge is 0.124 e. The van der Waals surface area contributed by atoms with Crippen molar-refractivity contribution >= 4 is 27.0 Å². The number of H-pyrrole nitrogens is 1. The van der Waals surface area contributed by atoms with E-state index in [1.807, 2.05) is 30.3 Å². The summed E-state index contributed by atoms with van der Waals surface area (Å²) in [6.07, 6.45) is 0. The molecule has 0 radical (unpaired) electrons. The van der Waals surface area contributed by atoms with Gasteiger partial charge in [-0.1, -0.05) is 41.9 Å². The highest BCUT2D eigenvalue weighted by atomic mass is 79.9. The van der Waals surface area contributed by atoms with Gasteiger partial charge in [0.2, 0.25) is 0 Å². The monoisotopic (exact) mass is 387 g/mol. The van der Waals surface area contributed by atoms with E-state index in [1.54, 1.807) is 7.11 Å². The van der Waals surface area contributed by atoms with Gasteiger partial charge >= 0.3 is 0 Å². The second-order valence-electron chi connectivity index (χ2n) is 6.20. The molecule has 126 valence electrons. The van der Waals surface area contributed by atoms with Crippen LogP contribution in [0.5, 0.6) is 5.75 Å². The van der Waals surface area contributed by atoms with Crippen LogP contribution in [0.3, 0.4) is 0 Å². The van der Waals surface area contributed by atoms with Crippen LogP contribution in [0.4, 0.5) is 0 Å². The molecule has 0 fully saturated rings. The zero-order chi connectivity index (χ0) is 17.1. The fourth-order valence-electron chi connectivity index (χ4n) is 2.87. The van der Waals surface area contributed by atoms with E-state index in [0.717, 1.165) is 32.6 Å². The van der Waals surface area contributed by atoms with Crippen LogP contribution in [0, 0.1) is 5.92 Å². The van der Waals surface area contributed by atoms with Crippen molar-refractivity contribution in [3.8, 4) is 5.75 Å². The van der Waals surface area contributed by atoms with Gasteiger partial charge in [0.15, 0.2) is 0 Å². The summed E-state index contributed by atoms with van der Waals surface area (Å²) in [5.74, 6) is 2.27. The molecule has 24 heavy (non-hydrogen) atoms. The summed E-state index contributed by atoms with van der Waals surface area (Å²) in [6.45, 7) is 5.11. The number of hydrogen-bond acceptors (Lipinski definition) is 3. The summed E-state index contributed by atoms with van der Waals surface area (Å²) in [4.78, 5) is 8.19. The molecule has 0 spiro atoms. The molecule has 3 rings (SSSR count). The first kappa shape index (κ1) is 17.0. The highest BCUT2D eigenvalue weighted by Gasteiger charge is 2.19. The zero-order valence-electron chi connectivity index (χ0n) is 14.1. The minimum absolute atomic E-state index is 0.140. The first-order valence-electron chi connectivity index (χ1n) is 8.09. The predicted molar refractivity (Wildman–Crippen MR) is 101 cm³/mol. The zero-order valence-corrected chi connectivity index (χ0v) is 15.7. The highest BCUT2D eigenvalue weighted by Crippen LogP contribution is 2.26. The van der Waals surface area contributed by atoms with E-state index in [9.17, 15) is 0 Å². The molecule has 0 aliphatic carbocycles. The molecule has 0 amide bonds. The van der Waals surface area contributed by atoms with Crippen molar-refractivity contribution in [1.82, 2.24) is 15.3 Å². The summed E-state index contributed by atoms with van der Waals surface area (Å²) in [5, 5.41) is 3.62. The number of imidazole rings is 1. The van der Waals surface area contributed by atoms with Crippen LogP contribution in [-0.4, -0.2) is 17.1 Å². The number of halogens is 1. The Bertz CT molecular complexity index is 795. The molecule has 4 nitrogen and oxygen atoms in total. The predicted octanol–water partition coefficient (Wildman–Crippen LogP) is 4.82. The molecule has 0 bridgehead atoms. The van der Waals surface area contributed by atoms with Gasteiger partial charge in [0.25, 0.3) is 0 Å². The molecule has 0 saturated heterocycles. The maximum absolute atomic E-state index is 5.46. The Kier molecular flexibility index (Phi) is 5.21. The summed E-state index contributed by atoms with van der Waals surface area (Å²) in [7, 11) is 1.70. The minimum atomic E-state index is 0.140. The molecule has 1 atom stereocenters. The number of nitrogens with zero attached hydrogens (tertiary/aromatic N) is 1. The lowest BCUT2D eigenvalue weighted by atomic mass is 10.0. The maximum atomic E-state index is 5.46. The fraction of sp³-hybridized carbons (Fsp3) is 0.316. The molecule has 3 aromatic rings. The van der Waals surface area contributed by atoms with E-state index < -0.39 is 0 Å². The quantitative estimate of drug-likeness (QED) is 0.637. The molecule has 1 aromatic heterocycles. The Morgan fingerprint density at radius 2 is 2.00 bits per heavy atom. The largest absolute Gasteiger partial charge is 0.496 e. The van der Waals surface area contributed by atoms with Gasteiger partial charge in [-0.15, -0.1) is 0 Å². The molecule has 0 unspecified atom stereocenters. The lowest BCUT2D eigenvalue weighted by molar-refractivity contribution is 0.381. The topological polar surface area (TPSA) is 49.9 Å². The van der Waals surface area contributed by atoms with Crippen molar-refractivity contribution in [2.75, 3.05) is 7.11 Å². The van der Waals surface area contributed by atoms with Gasteiger partial charge in [-0.3, -0.25) is 0 Å². The van der Waals surface area contributed by atoms with Crippen LogP contribution in [-0.2, 0) is 6.54 Å². The molecular weight excluding hydrogens is 366 g/mol. The number of ether oxygens (including phenoxy) is 1. The van der Waals surface area contributed by atoms with Gasteiger partial charge < -0.3 is 15.0 Å². The van der Waals surface area contributed by atoms with E-state index in [-0.39, 0.29) is 6.04 Å². The van der Waals surface area contributed by atoms with Gasteiger partial charge in [-0.25, -0.2) is 4.98 Å². The Balaban J connectivity index is 1.83. The number of methoxy groups -OCH3 is 1. The van der Waals surface area contributed by atoms with Crippen LogP contribution < -0.4 is 10.1 Å². The van der Waals surface area contributed by atoms with Crippen LogP contribution in [0.15, 0.2) is 46.9 Å². The number of rotatable bonds is 6. The highest BCUT2D eigenvalue weighted by molar-refractivity contribution is 9.10. The first-order valence-corrected chi connectivity index (χ1v) is 8.88. The SMILES string of the molecule is COc1ccc(Br)cc1CN[C@@H](c1nc2ccccc2[nH]1)C(C)C. The Morgan fingerprint density at radius 3 is 2.71 bits per heavy atom. The van der Waals surface area contributed by atoms with Crippen molar-refractivity contribution in [2.45, 2.75) is 26.4 Å². The van der Waals surface area contributed by atoms with Crippen molar-refractivity contribution in [3.63, 3.8) is 0 Å². The molecule has 5 heteroatoms. The molecule has 0 aliphatic heterocycles. The van der Waals surface area contributed by atoms with E-state index in [4.69, 9.17) is 9.72 Å². The Morgan fingerprint density at radius 1 is 1.21 bits per heavy atom. The standard InChI is InChI=1S/C19H22BrN3O/c1-12(2)18(19-22-15-6-4-5-7-16(15)23-19)21-11-13-10-14(20)8-9-17(13)24-3/h4-10,12,18,21H,11H2,1-3H3,(H,22,23)/t18-/m1/s1. The second-order valence-corrected chi connectivity index (χ2v) is 7.11. The van der Waals surface area contributed by atoms with Crippen molar-refractivity contribution in [3.05, 3.63) is 58.3 Å². The Labute approximate surface area is 150 Å².